The van der Waals surface area contributed by atoms with E-state index in [9.17, 15) is 0 Å². The van der Waals surface area contributed by atoms with Crippen LogP contribution in [0.4, 0.5) is 0 Å². The van der Waals surface area contributed by atoms with E-state index >= 15 is 0 Å². The van der Waals surface area contributed by atoms with Crippen molar-refractivity contribution in [3.05, 3.63) is 58.5 Å². The average molecular weight is 319 g/mol. The topological polar surface area (TPSA) is 28.4 Å². The van der Waals surface area contributed by atoms with Crippen LogP contribution in [0.1, 0.15) is 29.9 Å². The van der Waals surface area contributed by atoms with E-state index < -0.39 is 0 Å². The zero-order valence-electron chi connectivity index (χ0n) is 13.0. The van der Waals surface area contributed by atoms with E-state index in [0.29, 0.717) is 6.04 Å². The van der Waals surface area contributed by atoms with Gasteiger partial charge in [0.25, 0.3) is 0 Å². The third-order valence-electron chi connectivity index (χ3n) is 4.27. The van der Waals surface area contributed by atoms with Crippen LogP contribution in [0, 0.1) is 6.92 Å². The molecule has 0 atom stereocenters. The first-order chi connectivity index (χ1) is 10.7. The molecule has 2 aromatic rings. The van der Waals surface area contributed by atoms with E-state index in [4.69, 9.17) is 16.0 Å². The second-order valence-corrected chi connectivity index (χ2v) is 6.51. The number of aryl methyl sites for hydroxylation is 1. The molecule has 0 saturated carbocycles. The molecular formula is C18H23ClN2O. The van der Waals surface area contributed by atoms with Crippen molar-refractivity contribution in [1.29, 1.82) is 0 Å². The maximum absolute atomic E-state index is 5.93. The average Bonchev–Trinajstić information content (AvgIpc) is 2.94. The van der Waals surface area contributed by atoms with E-state index in [1.54, 1.807) is 0 Å². The molecule has 1 aromatic heterocycles. The molecule has 4 heteroatoms. The van der Waals surface area contributed by atoms with Gasteiger partial charge in [-0.25, -0.2) is 0 Å². The van der Waals surface area contributed by atoms with Gasteiger partial charge in [-0.3, -0.25) is 4.90 Å². The lowest BCUT2D eigenvalue weighted by Gasteiger charge is -2.32. The smallest absolute Gasteiger partial charge is 0.117 e. The summed E-state index contributed by atoms with van der Waals surface area (Å²) in [6, 6.07) is 12.8. The van der Waals surface area contributed by atoms with Crippen molar-refractivity contribution >= 4 is 11.6 Å². The van der Waals surface area contributed by atoms with Gasteiger partial charge < -0.3 is 9.73 Å². The largest absolute Gasteiger partial charge is 0.465 e. The number of benzene rings is 1. The van der Waals surface area contributed by atoms with Crippen LogP contribution in [0.2, 0.25) is 5.02 Å². The Labute approximate surface area is 137 Å². The summed E-state index contributed by atoms with van der Waals surface area (Å²) in [6.07, 6.45) is 2.38. The molecule has 0 aliphatic carbocycles. The molecule has 0 radical (unpaired) electrons. The molecule has 2 heterocycles. The number of halogens is 1. The van der Waals surface area contributed by atoms with Crippen molar-refractivity contribution < 1.29 is 4.42 Å². The molecule has 0 unspecified atom stereocenters. The van der Waals surface area contributed by atoms with Gasteiger partial charge in [0.15, 0.2) is 0 Å². The third-order valence-corrected chi connectivity index (χ3v) is 4.52. The Morgan fingerprint density at radius 2 is 1.86 bits per heavy atom. The van der Waals surface area contributed by atoms with E-state index in [-0.39, 0.29) is 0 Å². The molecule has 3 nitrogen and oxygen atoms in total. The predicted octanol–water partition coefficient (Wildman–Crippen LogP) is 4.00. The molecule has 1 fully saturated rings. The summed E-state index contributed by atoms with van der Waals surface area (Å²) in [5, 5.41) is 4.41. The van der Waals surface area contributed by atoms with Crippen LogP contribution in [0.5, 0.6) is 0 Å². The van der Waals surface area contributed by atoms with Gasteiger partial charge in [0.1, 0.15) is 11.5 Å². The number of hydrogen-bond donors (Lipinski definition) is 1. The Morgan fingerprint density at radius 1 is 1.14 bits per heavy atom. The van der Waals surface area contributed by atoms with Crippen LogP contribution in [0.15, 0.2) is 40.8 Å². The highest BCUT2D eigenvalue weighted by Crippen LogP contribution is 2.16. The number of hydrogen-bond acceptors (Lipinski definition) is 3. The molecule has 1 aromatic carbocycles. The summed E-state index contributed by atoms with van der Waals surface area (Å²) in [5.74, 6) is 2.01. The molecular weight excluding hydrogens is 296 g/mol. The Bertz CT molecular complexity index is 585. The summed E-state index contributed by atoms with van der Waals surface area (Å²) in [4.78, 5) is 2.51. The first-order valence-electron chi connectivity index (χ1n) is 7.94. The Balaban J connectivity index is 1.41. The molecule has 1 N–H and O–H groups in total. The Morgan fingerprint density at radius 3 is 2.50 bits per heavy atom. The van der Waals surface area contributed by atoms with Crippen LogP contribution in [-0.2, 0) is 13.1 Å². The Kier molecular flexibility index (Phi) is 5.19. The third kappa shape index (κ3) is 4.35. The normalized spacial score (nSPS) is 17.0. The Hall–Kier alpha value is -1.29. The van der Waals surface area contributed by atoms with Crippen molar-refractivity contribution in [3.8, 4) is 0 Å². The SMILES string of the molecule is Cc1ccc(CNC2CCN(Cc3ccc(Cl)cc3)CC2)o1. The molecule has 0 amide bonds. The van der Waals surface area contributed by atoms with Gasteiger partial charge in [-0.1, -0.05) is 23.7 Å². The minimum atomic E-state index is 0.590. The fourth-order valence-electron chi connectivity index (χ4n) is 2.97. The first-order valence-corrected chi connectivity index (χ1v) is 8.32. The lowest BCUT2D eigenvalue weighted by atomic mass is 10.0. The summed E-state index contributed by atoms with van der Waals surface area (Å²) in [5.41, 5.74) is 1.34. The van der Waals surface area contributed by atoms with Gasteiger partial charge in [-0.2, -0.15) is 0 Å². The summed E-state index contributed by atoms with van der Waals surface area (Å²) >= 11 is 5.93. The molecule has 1 aliphatic rings. The van der Waals surface area contributed by atoms with Crippen molar-refractivity contribution in [3.63, 3.8) is 0 Å². The van der Waals surface area contributed by atoms with Crippen LogP contribution < -0.4 is 5.32 Å². The zero-order valence-corrected chi connectivity index (χ0v) is 13.8. The van der Waals surface area contributed by atoms with Crippen LogP contribution in [-0.4, -0.2) is 24.0 Å². The number of rotatable bonds is 5. The molecule has 3 rings (SSSR count). The highest BCUT2D eigenvalue weighted by molar-refractivity contribution is 6.30. The van der Waals surface area contributed by atoms with E-state index in [0.717, 1.165) is 42.7 Å². The quantitative estimate of drug-likeness (QED) is 0.903. The minimum absolute atomic E-state index is 0.590. The number of nitrogens with one attached hydrogen (secondary N) is 1. The van der Waals surface area contributed by atoms with Crippen LogP contribution in [0.3, 0.4) is 0 Å². The fourth-order valence-corrected chi connectivity index (χ4v) is 3.09. The maximum Gasteiger partial charge on any atom is 0.117 e. The van der Waals surface area contributed by atoms with Gasteiger partial charge in [0, 0.05) is 17.6 Å². The number of piperidine rings is 1. The monoisotopic (exact) mass is 318 g/mol. The van der Waals surface area contributed by atoms with Gasteiger partial charge in [0.05, 0.1) is 6.54 Å². The zero-order chi connectivity index (χ0) is 15.4. The second-order valence-electron chi connectivity index (χ2n) is 6.07. The lowest BCUT2D eigenvalue weighted by Crippen LogP contribution is -2.41. The van der Waals surface area contributed by atoms with Crippen molar-refractivity contribution in [1.82, 2.24) is 10.2 Å². The molecule has 118 valence electrons. The van der Waals surface area contributed by atoms with Crippen molar-refractivity contribution in [2.45, 2.75) is 38.9 Å². The molecule has 0 bridgehead atoms. The number of nitrogens with zero attached hydrogens (tertiary/aromatic N) is 1. The summed E-state index contributed by atoms with van der Waals surface area (Å²) < 4.78 is 5.60. The first kappa shape index (κ1) is 15.6. The van der Waals surface area contributed by atoms with Gasteiger partial charge in [0.2, 0.25) is 0 Å². The predicted molar refractivity (Wildman–Crippen MR) is 90.0 cm³/mol. The molecule has 0 spiro atoms. The van der Waals surface area contributed by atoms with Crippen molar-refractivity contribution in [2.75, 3.05) is 13.1 Å². The minimum Gasteiger partial charge on any atom is -0.465 e. The van der Waals surface area contributed by atoms with Gasteiger partial charge in [-0.15, -0.1) is 0 Å². The summed E-state index contributed by atoms with van der Waals surface area (Å²) in [7, 11) is 0. The summed E-state index contributed by atoms with van der Waals surface area (Å²) in [6.45, 7) is 6.10. The maximum atomic E-state index is 5.93. The van der Waals surface area contributed by atoms with E-state index in [1.807, 2.05) is 25.1 Å². The number of likely N-dealkylation sites (tertiary alicyclic amines) is 1. The van der Waals surface area contributed by atoms with E-state index in [2.05, 4.69) is 28.4 Å². The van der Waals surface area contributed by atoms with Gasteiger partial charge >= 0.3 is 0 Å². The number of furan rings is 1. The highest BCUT2D eigenvalue weighted by atomic mass is 35.5. The highest BCUT2D eigenvalue weighted by Gasteiger charge is 2.19. The second kappa shape index (κ2) is 7.32. The molecule has 1 saturated heterocycles. The van der Waals surface area contributed by atoms with E-state index in [1.165, 1.54) is 18.4 Å². The standard InChI is InChI=1S/C18H23ClN2O/c1-14-2-7-18(22-14)12-20-17-8-10-21(11-9-17)13-15-3-5-16(19)6-4-15/h2-7,17,20H,8-13H2,1H3. The van der Waals surface area contributed by atoms with Gasteiger partial charge in [-0.05, 0) is 62.7 Å². The van der Waals surface area contributed by atoms with Crippen LogP contribution >= 0.6 is 11.6 Å². The fraction of sp³-hybridized carbons (Fsp3) is 0.444. The molecule has 1 aliphatic heterocycles. The van der Waals surface area contributed by atoms with Crippen molar-refractivity contribution in [2.24, 2.45) is 0 Å². The lowest BCUT2D eigenvalue weighted by molar-refractivity contribution is 0.188. The molecule has 22 heavy (non-hydrogen) atoms. The van der Waals surface area contributed by atoms with Crippen LogP contribution in [0.25, 0.3) is 0 Å².